The topological polar surface area (TPSA) is 241 Å². The highest BCUT2D eigenvalue weighted by molar-refractivity contribution is 6.54. The Morgan fingerprint density at radius 3 is 1.43 bits per heavy atom. The van der Waals surface area contributed by atoms with E-state index in [9.17, 15) is 37.1 Å². The lowest BCUT2D eigenvalue weighted by Crippen LogP contribution is -2.38. The standard InChI is InChI=1S/C21H25N5O.C15H23N3O.C10H20N2O2.C10H11NO.C6H3ClN2.C3HCl2F3O/c1-16(2)18-5-7-19(8-6-18)24-21(27)26-11-3-10-25(12-13-26)20-9-4-17(14-22)15-23-20;1-12(2)13-4-6-14(7-5-13)17-15(19)18-10-3-8-16-9-11-18;1-10(2,3)14-9(13)12-7-4-5-11-6-8-12;1-8(2)9-3-5-10(6-4-9)11-7-12;7-6-2-1-5(3-8)4-9-6;4-2(5)1(9)3(6,7)8/h4-9,15-16H,3,10-13H2,1-2H3,(H,24,27);4-7,12,16H,3,8-11H2,1-2H3,(H,17,19);11H,4-8H2,1-3H3;3-6,8H,1-2H3;1-2,4H;2H. The van der Waals surface area contributed by atoms with Gasteiger partial charge in [-0.25, -0.2) is 29.1 Å². The Hall–Kier alpha value is -7.82. The lowest BCUT2D eigenvalue weighted by atomic mass is 10.0. The van der Waals surface area contributed by atoms with Gasteiger partial charge in [-0.15, -0.1) is 0 Å². The predicted octanol–water partition coefficient (Wildman–Crippen LogP) is 14.0. The van der Waals surface area contributed by atoms with E-state index < -0.39 is 22.4 Å². The van der Waals surface area contributed by atoms with Gasteiger partial charge >= 0.3 is 24.3 Å². The number of nitrogens with zero attached hydrogens (tertiary/aromatic N) is 9. The van der Waals surface area contributed by atoms with Crippen molar-refractivity contribution in [2.75, 3.05) is 94.1 Å². The molecule has 25 heteroatoms. The summed E-state index contributed by atoms with van der Waals surface area (Å²) in [5, 5.41) is 30.1. The van der Waals surface area contributed by atoms with Crippen molar-refractivity contribution in [2.24, 2.45) is 4.99 Å². The lowest BCUT2D eigenvalue weighted by molar-refractivity contribution is -0.169. The van der Waals surface area contributed by atoms with Crippen molar-refractivity contribution in [3.8, 4) is 12.1 Å². The predicted molar refractivity (Wildman–Crippen MR) is 350 cm³/mol. The number of carbonyl (C=O) groups is 4. The third-order valence-electron chi connectivity index (χ3n) is 13.3. The number of alkyl halides is 5. The number of aromatic nitrogens is 2. The quantitative estimate of drug-likeness (QED) is 0.0490. The molecule has 2 aromatic heterocycles. The van der Waals surface area contributed by atoms with Crippen LogP contribution in [0.25, 0.3) is 0 Å². The van der Waals surface area contributed by atoms with E-state index in [2.05, 4.69) is 136 Å². The maximum atomic E-state index is 12.6. The zero-order valence-corrected chi connectivity index (χ0v) is 54.8. The van der Waals surface area contributed by atoms with Crippen LogP contribution in [0.5, 0.6) is 0 Å². The van der Waals surface area contributed by atoms with E-state index in [-0.39, 0.29) is 18.2 Å². The zero-order valence-electron chi connectivity index (χ0n) is 52.6. The Balaban J connectivity index is 0.000000297. The maximum absolute atomic E-state index is 12.6. The normalized spacial score (nSPS) is 14.1. The summed E-state index contributed by atoms with van der Waals surface area (Å²) in [6.45, 7) is 28.3. The summed E-state index contributed by atoms with van der Waals surface area (Å²) in [7, 11) is 0. The maximum Gasteiger partial charge on any atom is 0.452 e. The molecule has 0 bridgehead atoms. The molecular weight excluding hydrogens is 1220 g/mol. The fourth-order valence-electron chi connectivity index (χ4n) is 8.25. The number of ether oxygens (including phenoxy) is 1. The number of Topliss-reactive ketones (excluding diaryl/α,β-unsaturated/α-hetero) is 1. The first-order valence-corrected chi connectivity index (χ1v) is 30.8. The minimum Gasteiger partial charge on any atom is -0.444 e. The molecule has 3 aliphatic heterocycles. The van der Waals surface area contributed by atoms with Gasteiger partial charge < -0.3 is 45.6 Å². The lowest BCUT2D eigenvalue weighted by Gasteiger charge is -2.26. The number of rotatable bonds is 8. The number of isocyanates is 1. The summed E-state index contributed by atoms with van der Waals surface area (Å²) in [6.07, 6.45) is 2.30. The minimum absolute atomic E-state index is 0.000923. The average Bonchev–Trinajstić information content (AvgIpc) is 3.43. The molecule has 0 atom stereocenters. The van der Waals surface area contributed by atoms with Gasteiger partial charge in [0.15, 0.2) is 4.84 Å². The van der Waals surface area contributed by atoms with Gasteiger partial charge in [-0.3, -0.25) is 4.79 Å². The van der Waals surface area contributed by atoms with Gasteiger partial charge in [0.25, 0.3) is 5.78 Å². The highest BCUT2D eigenvalue weighted by Gasteiger charge is 2.42. The molecule has 5 heterocycles. The third kappa shape index (κ3) is 30.1. The molecule has 3 saturated heterocycles. The zero-order chi connectivity index (χ0) is 66.8. The Morgan fingerprint density at radius 1 is 0.589 bits per heavy atom. The second-order valence-electron chi connectivity index (χ2n) is 22.5. The first-order chi connectivity index (χ1) is 42.6. The molecule has 5 aromatic rings. The van der Waals surface area contributed by atoms with Crippen molar-refractivity contribution < 1.29 is 41.9 Å². The number of anilines is 3. The molecule has 90 heavy (non-hydrogen) atoms. The molecular formula is C65H83Cl3F3N13O6. The number of nitrogens with one attached hydrogen (secondary N) is 4. The molecule has 8 rings (SSSR count). The van der Waals surface area contributed by atoms with Crippen molar-refractivity contribution in [3.63, 3.8) is 0 Å². The minimum atomic E-state index is -4.92. The number of nitriles is 2. The number of amides is 5. The van der Waals surface area contributed by atoms with Crippen LogP contribution < -0.4 is 26.2 Å². The number of urea groups is 2. The number of pyridine rings is 2. The molecule has 3 fully saturated rings. The van der Waals surface area contributed by atoms with Gasteiger partial charge in [0, 0.05) is 89.2 Å². The number of ketones is 1. The van der Waals surface area contributed by atoms with Crippen LogP contribution in [0.1, 0.15) is 127 Å². The summed E-state index contributed by atoms with van der Waals surface area (Å²) < 4.78 is 38.8. The first kappa shape index (κ1) is 76.4. The summed E-state index contributed by atoms with van der Waals surface area (Å²) in [4.78, 5) is 73.2. The van der Waals surface area contributed by atoms with Crippen LogP contribution in [0.2, 0.25) is 5.15 Å². The summed E-state index contributed by atoms with van der Waals surface area (Å²) in [5.41, 5.74) is 6.83. The van der Waals surface area contributed by atoms with E-state index in [1.807, 2.05) is 91.2 Å². The van der Waals surface area contributed by atoms with E-state index in [0.717, 1.165) is 102 Å². The third-order valence-corrected chi connectivity index (χ3v) is 13.9. The molecule has 3 aliphatic rings. The molecule has 3 aromatic carbocycles. The van der Waals surface area contributed by atoms with Gasteiger partial charge in [-0.1, -0.05) is 113 Å². The van der Waals surface area contributed by atoms with Crippen LogP contribution >= 0.6 is 34.8 Å². The second-order valence-corrected chi connectivity index (χ2v) is 24.0. The first-order valence-electron chi connectivity index (χ1n) is 29.5. The van der Waals surface area contributed by atoms with E-state index in [4.69, 9.17) is 26.9 Å². The number of aliphatic imine (C=N–C) groups is 1. The SMILES string of the molecule is CC(C)(C)OC(=O)N1CCCNCC1.CC(C)c1ccc(N=C=O)cc1.CC(C)c1ccc(NC(=O)N2CCCN(c3ccc(C#N)cn3)CC2)cc1.CC(C)c1ccc(NC(=O)N2CCCNCC2)cc1.N#Cc1ccc(Cl)nc1.O=C(C(Cl)Cl)C(F)(F)F. The van der Waals surface area contributed by atoms with E-state index >= 15 is 0 Å². The number of hydrogen-bond acceptors (Lipinski definition) is 14. The summed E-state index contributed by atoms with van der Waals surface area (Å²) in [5.74, 6) is 0.217. The van der Waals surface area contributed by atoms with Crippen molar-refractivity contribution in [1.29, 1.82) is 10.5 Å². The Bertz CT molecular complexity index is 3080. The van der Waals surface area contributed by atoms with Crippen molar-refractivity contribution in [1.82, 2.24) is 35.3 Å². The molecule has 0 radical (unpaired) electrons. The Labute approximate surface area is 542 Å². The fraction of sp³-hybridized carbons (Fsp3) is 0.462. The van der Waals surface area contributed by atoms with E-state index in [1.54, 1.807) is 29.3 Å². The molecule has 0 unspecified atom stereocenters. The van der Waals surface area contributed by atoms with Crippen molar-refractivity contribution >= 4 is 87.7 Å². The molecule has 19 nitrogen and oxygen atoms in total. The number of benzene rings is 3. The van der Waals surface area contributed by atoms with Crippen molar-refractivity contribution in [2.45, 2.75) is 116 Å². The number of carbonyl (C=O) groups excluding carboxylic acids is 5. The van der Waals surface area contributed by atoms with E-state index in [0.29, 0.717) is 52.8 Å². The molecule has 486 valence electrons. The van der Waals surface area contributed by atoms with E-state index in [1.165, 1.54) is 29.0 Å². The van der Waals surface area contributed by atoms with Crippen LogP contribution in [0.4, 0.5) is 50.4 Å². The van der Waals surface area contributed by atoms with Gasteiger partial charge in [-0.2, -0.15) is 28.7 Å². The summed E-state index contributed by atoms with van der Waals surface area (Å²) in [6, 6.07) is 34.5. The van der Waals surface area contributed by atoms with Crippen LogP contribution in [-0.4, -0.2) is 150 Å². The fourth-order valence-corrected chi connectivity index (χ4v) is 8.61. The second kappa shape index (κ2) is 40.0. The Morgan fingerprint density at radius 2 is 1.03 bits per heavy atom. The van der Waals surface area contributed by atoms with Crippen LogP contribution in [0.3, 0.4) is 0 Å². The number of hydrogen-bond donors (Lipinski definition) is 4. The number of halogens is 6. The van der Waals surface area contributed by atoms with Gasteiger partial charge in [-0.05, 0) is 148 Å². The van der Waals surface area contributed by atoms with Crippen LogP contribution in [0.15, 0.2) is 114 Å². The van der Waals surface area contributed by atoms with Crippen LogP contribution in [-0.2, 0) is 14.3 Å². The highest BCUT2D eigenvalue weighted by Crippen LogP contribution is 2.24. The smallest absolute Gasteiger partial charge is 0.444 e. The van der Waals surface area contributed by atoms with Crippen molar-refractivity contribution in [3.05, 3.63) is 142 Å². The molecule has 0 saturated carbocycles. The molecule has 0 aliphatic carbocycles. The highest BCUT2D eigenvalue weighted by atomic mass is 35.5. The monoisotopic (exact) mass is 1300 g/mol. The van der Waals surface area contributed by atoms with Gasteiger partial charge in [0.2, 0.25) is 6.08 Å². The average molecular weight is 1310 g/mol. The molecule has 4 N–H and O–H groups in total. The molecule has 5 amide bonds. The Kier molecular flexibility index (Phi) is 34.0. The largest absolute Gasteiger partial charge is 0.452 e. The summed E-state index contributed by atoms with van der Waals surface area (Å²) >= 11 is 14.7. The van der Waals surface area contributed by atoms with Gasteiger partial charge in [0.1, 0.15) is 28.7 Å². The van der Waals surface area contributed by atoms with Crippen LogP contribution in [0, 0.1) is 22.7 Å². The van der Waals surface area contributed by atoms with Gasteiger partial charge in [0.05, 0.1) is 16.8 Å². The molecule has 0 spiro atoms.